The molecule has 0 saturated heterocycles. The number of carbonyl (C=O) groups is 2. The number of aliphatic carboxylic acids is 1. The molecule has 2 rings (SSSR count). The van der Waals surface area contributed by atoms with Crippen LogP contribution in [0.4, 0.5) is 0 Å². The Morgan fingerprint density at radius 3 is 2.95 bits per heavy atom. The number of carbonyl (C=O) groups excluding carboxylic acids is 1. The first-order valence-corrected chi connectivity index (χ1v) is 5.94. The van der Waals surface area contributed by atoms with Crippen molar-refractivity contribution in [3.63, 3.8) is 0 Å². The van der Waals surface area contributed by atoms with Crippen molar-refractivity contribution in [1.29, 1.82) is 0 Å². The van der Waals surface area contributed by atoms with Gasteiger partial charge in [-0.3, -0.25) is 9.78 Å². The maximum absolute atomic E-state index is 12.1. The lowest BCUT2D eigenvalue weighted by atomic mass is 10.1. The van der Waals surface area contributed by atoms with Gasteiger partial charge in [0.1, 0.15) is 6.04 Å². The van der Waals surface area contributed by atoms with Crippen molar-refractivity contribution in [2.24, 2.45) is 0 Å². The van der Waals surface area contributed by atoms with Gasteiger partial charge < -0.3 is 10.4 Å². The van der Waals surface area contributed by atoms with Crippen molar-refractivity contribution in [1.82, 2.24) is 19.9 Å². The van der Waals surface area contributed by atoms with E-state index in [1.54, 1.807) is 12.4 Å². The number of nitrogens with zero attached hydrogens (tertiary/aromatic N) is 3. The summed E-state index contributed by atoms with van der Waals surface area (Å²) in [5, 5.41) is 15.5. The minimum absolute atomic E-state index is 0.315. The fraction of sp³-hybridized carbons (Fsp3) is 0.333. The Morgan fingerprint density at radius 2 is 2.26 bits per heavy atom. The second-order valence-corrected chi connectivity index (χ2v) is 4.12. The normalized spacial score (nSPS) is 12.3. The van der Waals surface area contributed by atoms with Crippen LogP contribution in [-0.2, 0) is 4.79 Å². The third-order valence-electron chi connectivity index (χ3n) is 2.75. The molecule has 0 radical (unpaired) electrons. The number of carboxylic acids is 1. The van der Waals surface area contributed by atoms with Gasteiger partial charge in [0.25, 0.3) is 5.91 Å². The minimum atomic E-state index is -1.04. The predicted octanol–water partition coefficient (Wildman–Crippen LogP) is 0.712. The van der Waals surface area contributed by atoms with E-state index in [9.17, 15) is 9.59 Å². The summed E-state index contributed by atoms with van der Waals surface area (Å²) < 4.78 is 1.51. The molecule has 7 nitrogen and oxygen atoms in total. The smallest absolute Gasteiger partial charge is 0.326 e. The zero-order valence-corrected chi connectivity index (χ0v) is 10.4. The van der Waals surface area contributed by atoms with Gasteiger partial charge in [0, 0.05) is 12.4 Å². The van der Waals surface area contributed by atoms with Crippen LogP contribution in [0.3, 0.4) is 0 Å². The lowest BCUT2D eigenvalue weighted by Crippen LogP contribution is -2.40. The van der Waals surface area contributed by atoms with Gasteiger partial charge >= 0.3 is 5.97 Å². The molecule has 0 spiro atoms. The van der Waals surface area contributed by atoms with E-state index in [1.165, 1.54) is 16.9 Å². The minimum Gasteiger partial charge on any atom is -0.480 e. The van der Waals surface area contributed by atoms with Gasteiger partial charge in [0.05, 0.1) is 23.5 Å². The Labute approximate surface area is 109 Å². The van der Waals surface area contributed by atoms with Crippen molar-refractivity contribution in [2.45, 2.75) is 25.8 Å². The number of hydrogen-bond acceptors (Lipinski definition) is 4. The van der Waals surface area contributed by atoms with Crippen LogP contribution in [0.15, 0.2) is 24.8 Å². The van der Waals surface area contributed by atoms with Gasteiger partial charge in [-0.25, -0.2) is 9.31 Å². The third-order valence-corrected chi connectivity index (χ3v) is 2.75. The van der Waals surface area contributed by atoms with Crippen LogP contribution in [0.5, 0.6) is 0 Å². The highest BCUT2D eigenvalue weighted by molar-refractivity contribution is 6.01. The van der Waals surface area contributed by atoms with Crippen LogP contribution in [-0.4, -0.2) is 37.6 Å². The number of rotatable bonds is 5. The summed E-state index contributed by atoms with van der Waals surface area (Å²) in [6, 6.07) is -0.885. The van der Waals surface area contributed by atoms with Gasteiger partial charge in [-0.05, 0) is 6.42 Å². The van der Waals surface area contributed by atoms with Gasteiger partial charge in [0.2, 0.25) is 0 Å². The molecule has 0 aromatic carbocycles. The molecule has 0 aliphatic heterocycles. The number of aromatic nitrogens is 3. The SMILES string of the molecule is CCC[C@@H](NC(=O)c1cnn2ccncc12)C(=O)O. The van der Waals surface area contributed by atoms with Crippen molar-refractivity contribution in [3.8, 4) is 0 Å². The second-order valence-electron chi connectivity index (χ2n) is 4.12. The first-order valence-electron chi connectivity index (χ1n) is 5.94. The number of fused-ring (bicyclic) bond motifs is 1. The van der Waals surface area contributed by atoms with Crippen molar-refractivity contribution in [2.75, 3.05) is 0 Å². The average molecular weight is 262 g/mol. The lowest BCUT2D eigenvalue weighted by molar-refractivity contribution is -0.139. The number of carboxylic acid groups (broad SMARTS) is 1. The van der Waals surface area contributed by atoms with Gasteiger partial charge in [0.15, 0.2) is 0 Å². The maximum Gasteiger partial charge on any atom is 0.326 e. The first kappa shape index (κ1) is 13.0. The molecule has 0 fully saturated rings. The Hall–Kier alpha value is -2.44. The van der Waals surface area contributed by atoms with Gasteiger partial charge in [-0.1, -0.05) is 13.3 Å². The van der Waals surface area contributed by atoms with E-state index in [0.717, 1.165) is 0 Å². The average Bonchev–Trinajstić information content (AvgIpc) is 2.81. The Balaban J connectivity index is 2.22. The largest absolute Gasteiger partial charge is 0.480 e. The molecular formula is C12H14N4O3. The molecule has 7 heteroatoms. The number of amides is 1. The second kappa shape index (κ2) is 5.47. The van der Waals surface area contributed by atoms with E-state index in [2.05, 4.69) is 15.4 Å². The van der Waals surface area contributed by atoms with E-state index >= 15 is 0 Å². The van der Waals surface area contributed by atoms with Gasteiger partial charge in [-0.15, -0.1) is 0 Å². The standard InChI is InChI=1S/C12H14N4O3/c1-2-3-9(12(18)19)15-11(17)8-6-14-16-5-4-13-7-10(8)16/h4-7,9H,2-3H2,1H3,(H,15,17)(H,18,19)/t9-/m1/s1. The molecule has 2 aromatic heterocycles. The molecule has 0 unspecified atom stereocenters. The first-order chi connectivity index (χ1) is 9.13. The Bertz CT molecular complexity index is 608. The highest BCUT2D eigenvalue weighted by atomic mass is 16.4. The van der Waals surface area contributed by atoms with E-state index < -0.39 is 17.9 Å². The fourth-order valence-corrected chi connectivity index (χ4v) is 1.79. The topological polar surface area (TPSA) is 96.6 Å². The molecular weight excluding hydrogens is 248 g/mol. The van der Waals surface area contributed by atoms with E-state index in [-0.39, 0.29) is 0 Å². The predicted molar refractivity (Wildman–Crippen MR) is 66.8 cm³/mol. The van der Waals surface area contributed by atoms with E-state index in [1.807, 2.05) is 6.92 Å². The lowest BCUT2D eigenvalue weighted by Gasteiger charge is -2.12. The maximum atomic E-state index is 12.1. The van der Waals surface area contributed by atoms with Gasteiger partial charge in [-0.2, -0.15) is 5.10 Å². The molecule has 0 aliphatic carbocycles. The molecule has 0 saturated carbocycles. The molecule has 100 valence electrons. The van der Waals surface area contributed by atoms with E-state index in [0.29, 0.717) is 23.9 Å². The Kier molecular flexibility index (Phi) is 3.74. The molecule has 1 atom stereocenters. The molecule has 0 bridgehead atoms. The van der Waals surface area contributed by atoms with Crippen molar-refractivity contribution >= 4 is 17.4 Å². The van der Waals surface area contributed by atoms with Crippen LogP contribution in [0.25, 0.3) is 5.52 Å². The molecule has 19 heavy (non-hydrogen) atoms. The highest BCUT2D eigenvalue weighted by Gasteiger charge is 2.21. The fourth-order valence-electron chi connectivity index (χ4n) is 1.79. The van der Waals surface area contributed by atoms with Crippen molar-refractivity contribution in [3.05, 3.63) is 30.4 Å². The monoisotopic (exact) mass is 262 g/mol. The summed E-state index contributed by atoms with van der Waals surface area (Å²) in [5.41, 5.74) is 0.857. The quantitative estimate of drug-likeness (QED) is 0.827. The number of hydrogen-bond donors (Lipinski definition) is 2. The Morgan fingerprint density at radius 1 is 1.47 bits per heavy atom. The third kappa shape index (κ3) is 2.70. The van der Waals surface area contributed by atoms with E-state index in [4.69, 9.17) is 5.11 Å². The summed E-state index contributed by atoms with van der Waals surface area (Å²) in [4.78, 5) is 27.0. The molecule has 2 aromatic rings. The summed E-state index contributed by atoms with van der Waals surface area (Å²) in [5.74, 6) is -1.49. The number of nitrogens with one attached hydrogen (secondary N) is 1. The zero-order chi connectivity index (χ0) is 13.8. The molecule has 1 amide bonds. The molecule has 2 N–H and O–H groups in total. The van der Waals surface area contributed by atoms with Crippen LogP contribution in [0.2, 0.25) is 0 Å². The molecule has 2 heterocycles. The summed E-state index contributed by atoms with van der Waals surface area (Å²) in [6.45, 7) is 1.86. The highest BCUT2D eigenvalue weighted by Crippen LogP contribution is 2.09. The van der Waals surface area contributed by atoms with Crippen LogP contribution in [0.1, 0.15) is 30.1 Å². The zero-order valence-electron chi connectivity index (χ0n) is 10.4. The summed E-state index contributed by atoms with van der Waals surface area (Å²) >= 11 is 0. The van der Waals surface area contributed by atoms with Crippen LogP contribution < -0.4 is 5.32 Å². The molecule has 0 aliphatic rings. The summed E-state index contributed by atoms with van der Waals surface area (Å²) in [7, 11) is 0. The van der Waals surface area contributed by atoms with Crippen molar-refractivity contribution < 1.29 is 14.7 Å². The van der Waals surface area contributed by atoms with Crippen LogP contribution in [0, 0.1) is 0 Å². The van der Waals surface area contributed by atoms with Crippen LogP contribution >= 0.6 is 0 Å². The summed E-state index contributed by atoms with van der Waals surface area (Å²) in [6.07, 6.45) is 7.15.